The summed E-state index contributed by atoms with van der Waals surface area (Å²) < 4.78 is 0. The van der Waals surface area contributed by atoms with Crippen LogP contribution in [0.1, 0.15) is 25.8 Å². The van der Waals surface area contributed by atoms with Crippen LogP contribution in [-0.2, 0) is 16.0 Å². The maximum atomic E-state index is 12.4. The maximum Gasteiger partial charge on any atom is 0.250 e. The zero-order valence-electron chi connectivity index (χ0n) is 14.1. The number of phenols is 1. The number of phenolic OH excluding ortho intramolecular Hbond substituents is 1. The molecule has 0 aliphatic carbocycles. The Bertz CT molecular complexity index is 613. The number of carbonyl (C=O) groups excluding carboxylic acids is 2. The van der Waals surface area contributed by atoms with E-state index in [1.54, 1.807) is 35.7 Å². The van der Waals surface area contributed by atoms with Gasteiger partial charge in [-0.25, -0.2) is 0 Å². The summed E-state index contributed by atoms with van der Waals surface area (Å²) in [7, 11) is 0. The second-order valence-electron chi connectivity index (χ2n) is 5.79. The average Bonchev–Trinajstić information content (AvgIpc) is 3.05. The highest BCUT2D eigenvalue weighted by molar-refractivity contribution is 7.99. The Balaban J connectivity index is 1.87. The second-order valence-corrected chi connectivity index (χ2v) is 6.79. The molecule has 1 saturated heterocycles. The van der Waals surface area contributed by atoms with Gasteiger partial charge >= 0.3 is 0 Å². The molecule has 1 fully saturated rings. The van der Waals surface area contributed by atoms with Gasteiger partial charge in [0.1, 0.15) is 11.8 Å². The van der Waals surface area contributed by atoms with Crippen LogP contribution >= 0.6 is 11.8 Å². The standard InChI is InChI=1S/C18H24N2O3S/c1-3-4-13(2)18(23)20-12-24-11-16(20)17(22)19-10-9-14-5-7-15(21)8-6-14/h4-8,16,21H,3,9-12H2,1-2H3,(H,19,22)/b13-4-/t16-/m0/s1. The van der Waals surface area contributed by atoms with E-state index in [4.69, 9.17) is 0 Å². The third-order valence-electron chi connectivity index (χ3n) is 3.94. The lowest BCUT2D eigenvalue weighted by Crippen LogP contribution is -2.47. The van der Waals surface area contributed by atoms with E-state index in [9.17, 15) is 14.7 Å². The molecule has 2 rings (SSSR count). The molecule has 6 heteroatoms. The van der Waals surface area contributed by atoms with Gasteiger partial charge in [-0.05, 0) is 37.5 Å². The number of benzene rings is 1. The Labute approximate surface area is 147 Å². The Morgan fingerprint density at radius 1 is 1.38 bits per heavy atom. The van der Waals surface area contributed by atoms with Crippen molar-refractivity contribution < 1.29 is 14.7 Å². The fraction of sp³-hybridized carbons (Fsp3) is 0.444. The van der Waals surface area contributed by atoms with E-state index < -0.39 is 6.04 Å². The summed E-state index contributed by atoms with van der Waals surface area (Å²) in [6.07, 6.45) is 3.39. The highest BCUT2D eigenvalue weighted by Gasteiger charge is 2.34. The van der Waals surface area contributed by atoms with Crippen LogP contribution in [0.5, 0.6) is 5.75 Å². The summed E-state index contributed by atoms with van der Waals surface area (Å²) in [6.45, 7) is 4.30. The first-order valence-corrected chi connectivity index (χ1v) is 9.29. The molecule has 1 atom stereocenters. The zero-order valence-corrected chi connectivity index (χ0v) is 14.9. The summed E-state index contributed by atoms with van der Waals surface area (Å²) in [6, 6.07) is 6.54. The number of thioether (sulfide) groups is 1. The van der Waals surface area contributed by atoms with Crippen molar-refractivity contribution in [2.24, 2.45) is 0 Å². The van der Waals surface area contributed by atoms with E-state index in [-0.39, 0.29) is 17.6 Å². The summed E-state index contributed by atoms with van der Waals surface area (Å²) in [5.41, 5.74) is 1.74. The van der Waals surface area contributed by atoms with Gasteiger partial charge in [0.2, 0.25) is 5.91 Å². The molecule has 1 aromatic carbocycles. The molecule has 1 aromatic rings. The molecule has 2 amide bonds. The summed E-state index contributed by atoms with van der Waals surface area (Å²) in [5.74, 6) is 1.27. The molecule has 0 radical (unpaired) electrons. The fourth-order valence-electron chi connectivity index (χ4n) is 2.59. The number of aromatic hydroxyl groups is 1. The van der Waals surface area contributed by atoms with E-state index in [0.29, 0.717) is 30.2 Å². The molecule has 24 heavy (non-hydrogen) atoms. The summed E-state index contributed by atoms with van der Waals surface area (Å²) in [4.78, 5) is 26.5. The molecule has 0 spiro atoms. The highest BCUT2D eigenvalue weighted by atomic mass is 32.2. The van der Waals surface area contributed by atoms with Gasteiger partial charge in [-0.2, -0.15) is 0 Å². The van der Waals surface area contributed by atoms with Gasteiger partial charge in [-0.15, -0.1) is 11.8 Å². The lowest BCUT2D eigenvalue weighted by Gasteiger charge is -2.23. The van der Waals surface area contributed by atoms with Gasteiger partial charge in [0.15, 0.2) is 0 Å². The normalized spacial score (nSPS) is 17.8. The molecule has 0 saturated carbocycles. The molecule has 2 N–H and O–H groups in total. The number of nitrogens with one attached hydrogen (secondary N) is 1. The molecule has 130 valence electrons. The minimum atomic E-state index is -0.400. The third kappa shape index (κ3) is 4.77. The number of carbonyl (C=O) groups is 2. The van der Waals surface area contributed by atoms with E-state index >= 15 is 0 Å². The van der Waals surface area contributed by atoms with Gasteiger partial charge in [-0.1, -0.05) is 25.1 Å². The summed E-state index contributed by atoms with van der Waals surface area (Å²) >= 11 is 1.60. The molecule has 0 aromatic heterocycles. The maximum absolute atomic E-state index is 12.4. The number of hydrogen-bond acceptors (Lipinski definition) is 4. The molecule has 1 aliphatic rings. The highest BCUT2D eigenvalue weighted by Crippen LogP contribution is 2.23. The average molecular weight is 348 g/mol. The van der Waals surface area contributed by atoms with Crippen LogP contribution < -0.4 is 5.32 Å². The smallest absolute Gasteiger partial charge is 0.250 e. The minimum absolute atomic E-state index is 0.0551. The molecule has 5 nitrogen and oxygen atoms in total. The monoisotopic (exact) mass is 348 g/mol. The Morgan fingerprint density at radius 2 is 2.08 bits per heavy atom. The number of rotatable bonds is 6. The zero-order chi connectivity index (χ0) is 17.5. The number of nitrogens with zero attached hydrogens (tertiary/aromatic N) is 1. The lowest BCUT2D eigenvalue weighted by molar-refractivity contribution is -0.135. The van der Waals surface area contributed by atoms with Crippen LogP contribution in [0.4, 0.5) is 0 Å². The largest absolute Gasteiger partial charge is 0.508 e. The van der Waals surface area contributed by atoms with E-state index in [1.165, 1.54) is 0 Å². The van der Waals surface area contributed by atoms with Crippen molar-refractivity contribution in [2.75, 3.05) is 18.2 Å². The predicted octanol–water partition coefficient (Wildman–Crippen LogP) is 2.31. The number of hydrogen-bond donors (Lipinski definition) is 2. The van der Waals surface area contributed by atoms with Gasteiger partial charge in [0.05, 0.1) is 5.88 Å². The third-order valence-corrected chi connectivity index (χ3v) is 4.95. The predicted molar refractivity (Wildman–Crippen MR) is 96.8 cm³/mol. The van der Waals surface area contributed by atoms with Gasteiger partial charge in [0, 0.05) is 17.9 Å². The van der Waals surface area contributed by atoms with Crippen molar-refractivity contribution in [1.29, 1.82) is 0 Å². The van der Waals surface area contributed by atoms with Gasteiger partial charge in [-0.3, -0.25) is 9.59 Å². The van der Waals surface area contributed by atoms with Crippen LogP contribution in [0.2, 0.25) is 0 Å². The van der Waals surface area contributed by atoms with Crippen LogP contribution in [0.25, 0.3) is 0 Å². The van der Waals surface area contributed by atoms with Crippen LogP contribution in [0.15, 0.2) is 35.9 Å². The van der Waals surface area contributed by atoms with Crippen molar-refractivity contribution in [3.8, 4) is 5.75 Å². The van der Waals surface area contributed by atoms with Crippen molar-refractivity contribution >= 4 is 23.6 Å². The Hall–Kier alpha value is -1.95. The van der Waals surface area contributed by atoms with Crippen molar-refractivity contribution in [3.05, 3.63) is 41.5 Å². The topological polar surface area (TPSA) is 69.6 Å². The van der Waals surface area contributed by atoms with E-state index in [1.807, 2.05) is 25.1 Å². The van der Waals surface area contributed by atoms with Gasteiger partial charge in [0.25, 0.3) is 5.91 Å². The minimum Gasteiger partial charge on any atom is -0.508 e. The SMILES string of the molecule is CC/C=C(/C)C(=O)N1CSC[C@H]1C(=O)NCCc1ccc(O)cc1. The number of allylic oxidation sites excluding steroid dienone is 1. The van der Waals surface area contributed by atoms with Crippen LogP contribution in [0.3, 0.4) is 0 Å². The van der Waals surface area contributed by atoms with E-state index in [2.05, 4.69) is 5.32 Å². The van der Waals surface area contributed by atoms with E-state index in [0.717, 1.165) is 12.0 Å². The summed E-state index contributed by atoms with van der Waals surface area (Å²) in [5, 5.41) is 12.2. The fourth-order valence-corrected chi connectivity index (χ4v) is 3.74. The Morgan fingerprint density at radius 3 is 2.75 bits per heavy atom. The van der Waals surface area contributed by atoms with Crippen molar-refractivity contribution in [1.82, 2.24) is 10.2 Å². The van der Waals surface area contributed by atoms with Crippen molar-refractivity contribution in [2.45, 2.75) is 32.7 Å². The molecular weight excluding hydrogens is 324 g/mol. The molecule has 0 unspecified atom stereocenters. The first kappa shape index (κ1) is 18.4. The van der Waals surface area contributed by atoms with Crippen molar-refractivity contribution in [3.63, 3.8) is 0 Å². The quantitative estimate of drug-likeness (QED) is 0.774. The van der Waals surface area contributed by atoms with Crippen LogP contribution in [-0.4, -0.2) is 46.0 Å². The molecule has 1 aliphatic heterocycles. The van der Waals surface area contributed by atoms with Crippen LogP contribution in [0, 0.1) is 0 Å². The first-order valence-electron chi connectivity index (χ1n) is 8.14. The second kappa shape index (κ2) is 8.78. The molecular formula is C18H24N2O3S. The molecule has 1 heterocycles. The number of amides is 2. The lowest BCUT2D eigenvalue weighted by atomic mass is 10.1. The first-order chi connectivity index (χ1) is 11.5. The van der Waals surface area contributed by atoms with Gasteiger partial charge < -0.3 is 15.3 Å². The Kier molecular flexibility index (Phi) is 6.73. The molecule has 0 bridgehead atoms.